The minimum Gasteiger partial charge on any atom is -0.338 e. The molecule has 0 aromatic heterocycles. The zero-order chi connectivity index (χ0) is 11.5. The average Bonchev–Trinajstić information content (AvgIpc) is 2.29. The van der Waals surface area contributed by atoms with Crippen molar-refractivity contribution in [1.29, 1.82) is 0 Å². The molecule has 0 saturated heterocycles. The van der Waals surface area contributed by atoms with Crippen molar-refractivity contribution in [2.45, 2.75) is 32.7 Å². The highest BCUT2D eigenvalue weighted by molar-refractivity contribution is 5.93. The minimum absolute atomic E-state index is 0.0159. The second kappa shape index (κ2) is 4.56. The van der Waals surface area contributed by atoms with Gasteiger partial charge in [0.2, 0.25) is 0 Å². The highest BCUT2D eigenvalue weighted by atomic mass is 16.2. The van der Waals surface area contributed by atoms with Gasteiger partial charge in [0.05, 0.1) is 0 Å². The van der Waals surface area contributed by atoms with Crippen LogP contribution >= 0.6 is 0 Å². The molecule has 0 bridgehead atoms. The van der Waals surface area contributed by atoms with Gasteiger partial charge >= 0.3 is 6.03 Å². The van der Waals surface area contributed by atoms with Crippen LogP contribution in [0.3, 0.4) is 0 Å². The SMILES string of the molecule is CCNC(=O)N1c2ccccc2CCC1C. The quantitative estimate of drug-likeness (QED) is 0.772. The summed E-state index contributed by atoms with van der Waals surface area (Å²) < 4.78 is 0. The average molecular weight is 218 g/mol. The maximum atomic E-state index is 12.0. The van der Waals surface area contributed by atoms with Crippen molar-refractivity contribution in [3.8, 4) is 0 Å². The molecule has 1 aromatic rings. The Bertz CT molecular complexity index is 389. The number of anilines is 1. The Hall–Kier alpha value is -1.51. The van der Waals surface area contributed by atoms with E-state index < -0.39 is 0 Å². The van der Waals surface area contributed by atoms with Gasteiger partial charge in [0.1, 0.15) is 0 Å². The van der Waals surface area contributed by atoms with Crippen molar-refractivity contribution in [1.82, 2.24) is 5.32 Å². The molecule has 1 unspecified atom stereocenters. The zero-order valence-corrected chi connectivity index (χ0v) is 9.86. The van der Waals surface area contributed by atoms with Crippen molar-refractivity contribution in [3.05, 3.63) is 29.8 Å². The Morgan fingerprint density at radius 1 is 1.50 bits per heavy atom. The molecule has 0 radical (unpaired) electrons. The Morgan fingerprint density at radius 3 is 3.00 bits per heavy atom. The van der Waals surface area contributed by atoms with Crippen LogP contribution in [-0.2, 0) is 6.42 Å². The number of benzene rings is 1. The number of carbonyl (C=O) groups excluding carboxylic acids is 1. The molecule has 1 N–H and O–H groups in total. The standard InChI is InChI=1S/C13H18N2O/c1-3-14-13(16)15-10(2)8-9-11-6-4-5-7-12(11)15/h4-7,10H,3,8-9H2,1-2H3,(H,14,16). The van der Waals surface area contributed by atoms with Gasteiger partial charge in [-0.15, -0.1) is 0 Å². The molecule has 86 valence electrons. The molecule has 3 nitrogen and oxygen atoms in total. The monoisotopic (exact) mass is 218 g/mol. The fraction of sp³-hybridized carbons (Fsp3) is 0.462. The van der Waals surface area contributed by atoms with Gasteiger partial charge in [-0.3, -0.25) is 4.90 Å². The molecule has 0 spiro atoms. The predicted molar refractivity (Wildman–Crippen MR) is 65.8 cm³/mol. The van der Waals surface area contributed by atoms with Crippen LogP contribution in [0.1, 0.15) is 25.8 Å². The van der Waals surface area contributed by atoms with E-state index in [4.69, 9.17) is 0 Å². The van der Waals surface area contributed by atoms with E-state index in [0.29, 0.717) is 6.54 Å². The fourth-order valence-electron chi connectivity index (χ4n) is 2.23. The van der Waals surface area contributed by atoms with Crippen LogP contribution in [0.5, 0.6) is 0 Å². The number of hydrogen-bond donors (Lipinski definition) is 1. The molecule has 2 amide bonds. The Labute approximate surface area is 96.5 Å². The summed E-state index contributed by atoms with van der Waals surface area (Å²) in [5, 5.41) is 2.87. The third-order valence-corrected chi connectivity index (χ3v) is 3.07. The fourth-order valence-corrected chi connectivity index (χ4v) is 2.23. The summed E-state index contributed by atoms with van der Waals surface area (Å²) in [5.74, 6) is 0. The molecule has 1 aliphatic heterocycles. The summed E-state index contributed by atoms with van der Waals surface area (Å²) in [6.45, 7) is 4.72. The van der Waals surface area contributed by atoms with Gasteiger partial charge in [0, 0.05) is 18.3 Å². The van der Waals surface area contributed by atoms with Gasteiger partial charge in [0.15, 0.2) is 0 Å². The molecule has 1 heterocycles. The molecule has 0 fully saturated rings. The van der Waals surface area contributed by atoms with Crippen LogP contribution in [0.15, 0.2) is 24.3 Å². The molecular weight excluding hydrogens is 200 g/mol. The van der Waals surface area contributed by atoms with Gasteiger partial charge in [-0.1, -0.05) is 18.2 Å². The van der Waals surface area contributed by atoms with Gasteiger partial charge in [-0.2, -0.15) is 0 Å². The third-order valence-electron chi connectivity index (χ3n) is 3.07. The molecule has 0 saturated carbocycles. The number of para-hydroxylation sites is 1. The van der Waals surface area contributed by atoms with Crippen molar-refractivity contribution in [2.75, 3.05) is 11.4 Å². The molecule has 2 rings (SSSR count). The van der Waals surface area contributed by atoms with E-state index >= 15 is 0 Å². The van der Waals surface area contributed by atoms with E-state index in [-0.39, 0.29) is 12.1 Å². The lowest BCUT2D eigenvalue weighted by molar-refractivity contribution is 0.244. The van der Waals surface area contributed by atoms with E-state index in [9.17, 15) is 4.79 Å². The lowest BCUT2D eigenvalue weighted by Gasteiger charge is -2.35. The number of fused-ring (bicyclic) bond motifs is 1. The number of hydrogen-bond acceptors (Lipinski definition) is 1. The van der Waals surface area contributed by atoms with E-state index in [1.807, 2.05) is 30.0 Å². The summed E-state index contributed by atoms with van der Waals surface area (Å²) >= 11 is 0. The smallest absolute Gasteiger partial charge is 0.322 e. The Morgan fingerprint density at radius 2 is 2.25 bits per heavy atom. The van der Waals surface area contributed by atoms with Crippen LogP contribution < -0.4 is 10.2 Å². The third kappa shape index (κ3) is 1.90. The maximum Gasteiger partial charge on any atom is 0.322 e. The Balaban J connectivity index is 2.33. The molecular formula is C13H18N2O. The normalized spacial score (nSPS) is 19.1. The van der Waals surface area contributed by atoms with Crippen LogP contribution in [0, 0.1) is 0 Å². The summed E-state index contributed by atoms with van der Waals surface area (Å²) in [4.78, 5) is 13.9. The number of amides is 2. The van der Waals surface area contributed by atoms with E-state index in [2.05, 4.69) is 18.3 Å². The first-order valence-electron chi connectivity index (χ1n) is 5.89. The molecule has 16 heavy (non-hydrogen) atoms. The van der Waals surface area contributed by atoms with Crippen LogP contribution in [-0.4, -0.2) is 18.6 Å². The summed E-state index contributed by atoms with van der Waals surface area (Å²) in [6.07, 6.45) is 2.10. The maximum absolute atomic E-state index is 12.0. The lowest BCUT2D eigenvalue weighted by atomic mass is 9.97. The first-order chi connectivity index (χ1) is 7.74. The minimum atomic E-state index is 0.0159. The van der Waals surface area contributed by atoms with E-state index in [0.717, 1.165) is 18.5 Å². The number of urea groups is 1. The first kappa shape index (κ1) is 11.0. The van der Waals surface area contributed by atoms with E-state index in [1.54, 1.807) is 0 Å². The molecule has 1 aliphatic rings. The molecule has 1 atom stereocenters. The topological polar surface area (TPSA) is 32.3 Å². The van der Waals surface area contributed by atoms with Gasteiger partial charge in [0.25, 0.3) is 0 Å². The van der Waals surface area contributed by atoms with Crippen molar-refractivity contribution < 1.29 is 4.79 Å². The van der Waals surface area contributed by atoms with Gasteiger partial charge in [-0.25, -0.2) is 4.79 Å². The highest BCUT2D eigenvalue weighted by Crippen LogP contribution is 2.30. The number of nitrogens with one attached hydrogen (secondary N) is 1. The number of nitrogens with zero attached hydrogens (tertiary/aromatic N) is 1. The summed E-state index contributed by atoms with van der Waals surface area (Å²) in [6, 6.07) is 8.45. The number of carbonyl (C=O) groups is 1. The first-order valence-corrected chi connectivity index (χ1v) is 5.89. The zero-order valence-electron chi connectivity index (χ0n) is 9.86. The van der Waals surface area contributed by atoms with Crippen molar-refractivity contribution in [3.63, 3.8) is 0 Å². The highest BCUT2D eigenvalue weighted by Gasteiger charge is 2.27. The Kier molecular flexibility index (Phi) is 3.13. The van der Waals surface area contributed by atoms with E-state index in [1.165, 1.54) is 5.56 Å². The number of rotatable bonds is 1. The largest absolute Gasteiger partial charge is 0.338 e. The van der Waals surface area contributed by atoms with Gasteiger partial charge < -0.3 is 5.32 Å². The summed E-state index contributed by atoms with van der Waals surface area (Å²) in [5.41, 5.74) is 2.33. The molecule has 3 heteroatoms. The molecule has 1 aromatic carbocycles. The lowest BCUT2D eigenvalue weighted by Crippen LogP contribution is -2.47. The molecule has 0 aliphatic carbocycles. The van der Waals surface area contributed by atoms with Crippen LogP contribution in [0.2, 0.25) is 0 Å². The van der Waals surface area contributed by atoms with Crippen LogP contribution in [0.4, 0.5) is 10.5 Å². The van der Waals surface area contributed by atoms with Crippen LogP contribution in [0.25, 0.3) is 0 Å². The van der Waals surface area contributed by atoms with Crippen molar-refractivity contribution >= 4 is 11.7 Å². The number of aryl methyl sites for hydroxylation is 1. The predicted octanol–water partition coefficient (Wildman–Crippen LogP) is 2.56. The van der Waals surface area contributed by atoms with Crippen molar-refractivity contribution in [2.24, 2.45) is 0 Å². The second-order valence-corrected chi connectivity index (χ2v) is 4.22. The second-order valence-electron chi connectivity index (χ2n) is 4.22. The van der Waals surface area contributed by atoms with Gasteiger partial charge in [-0.05, 0) is 38.3 Å². The summed E-state index contributed by atoms with van der Waals surface area (Å²) in [7, 11) is 0.